The van der Waals surface area contributed by atoms with Crippen molar-refractivity contribution in [2.45, 2.75) is 32.9 Å². The van der Waals surface area contributed by atoms with E-state index in [9.17, 15) is 4.79 Å². The predicted octanol–water partition coefficient (Wildman–Crippen LogP) is 4.96. The molecule has 4 aromatic rings. The number of aromatic nitrogens is 3. The van der Waals surface area contributed by atoms with Crippen molar-refractivity contribution in [2.24, 2.45) is 0 Å². The summed E-state index contributed by atoms with van der Waals surface area (Å²) in [4.78, 5) is 23.8. The Morgan fingerprint density at radius 3 is 2.55 bits per heavy atom. The van der Waals surface area contributed by atoms with Gasteiger partial charge in [-0.3, -0.25) is 9.78 Å². The molecule has 0 radical (unpaired) electrons. The lowest BCUT2D eigenvalue weighted by molar-refractivity contribution is -0.119. The van der Waals surface area contributed by atoms with Gasteiger partial charge in [0.1, 0.15) is 18.2 Å². The van der Waals surface area contributed by atoms with Crippen LogP contribution in [-0.4, -0.2) is 46.4 Å². The summed E-state index contributed by atoms with van der Waals surface area (Å²) in [6, 6.07) is 17.3. The van der Waals surface area contributed by atoms with Gasteiger partial charge in [0, 0.05) is 36.6 Å². The molecule has 2 atom stereocenters. The third-order valence-electron chi connectivity index (χ3n) is 7.09. The molecule has 1 saturated heterocycles. The number of pyridine rings is 2. The quantitative estimate of drug-likeness (QED) is 0.294. The van der Waals surface area contributed by atoms with Crippen LogP contribution in [0.5, 0.6) is 5.75 Å². The van der Waals surface area contributed by atoms with Crippen molar-refractivity contribution in [1.29, 1.82) is 0 Å². The number of carbonyl (C=O) groups is 1. The van der Waals surface area contributed by atoms with Gasteiger partial charge in [-0.2, -0.15) is 0 Å². The average Bonchev–Trinajstić information content (AvgIpc) is 3.44. The van der Waals surface area contributed by atoms with Crippen LogP contribution in [0.15, 0.2) is 67.0 Å². The minimum absolute atomic E-state index is 0.0691. The number of ether oxygens (including phenoxy) is 2. The minimum atomic E-state index is -0.280. The monoisotopic (exact) mass is 556 g/mol. The van der Waals surface area contributed by atoms with E-state index < -0.39 is 0 Å². The first-order chi connectivity index (χ1) is 19.3. The molecule has 1 aromatic carbocycles. The number of carbonyl (C=O) groups excluding carboxylic acids is 1. The maximum Gasteiger partial charge on any atom is 0.250 e. The van der Waals surface area contributed by atoms with Gasteiger partial charge in [-0.15, -0.1) is 0 Å². The van der Waals surface area contributed by atoms with E-state index >= 15 is 0 Å². The standard InChI is InChI=1S/C30H32N6O3S/c1-18-9-8-14-32-29(18)35-19(2)15-22(20(35)3)28-27(23-10-6-7-13-31-23)34-30(40)36(28)21-11-12-25(39-5)24(16-21)33-26(37)17-38-4/h6-16,27-28H,17H2,1-5H3,(H,33,37)(H,34,40)/t27-,28+/m0/s1. The number of hydrogen-bond acceptors (Lipinski definition) is 6. The van der Waals surface area contributed by atoms with E-state index in [4.69, 9.17) is 21.7 Å². The van der Waals surface area contributed by atoms with Gasteiger partial charge in [-0.05, 0) is 86.6 Å². The Bertz CT molecular complexity index is 1550. The summed E-state index contributed by atoms with van der Waals surface area (Å²) in [5.74, 6) is 1.15. The summed E-state index contributed by atoms with van der Waals surface area (Å²) in [6.07, 6.45) is 3.60. The van der Waals surface area contributed by atoms with Crippen molar-refractivity contribution in [3.63, 3.8) is 0 Å². The molecule has 0 spiro atoms. The zero-order chi connectivity index (χ0) is 28.4. The molecule has 2 N–H and O–H groups in total. The Morgan fingerprint density at radius 2 is 1.85 bits per heavy atom. The fourth-order valence-electron chi connectivity index (χ4n) is 5.33. The highest BCUT2D eigenvalue weighted by atomic mass is 32.1. The highest BCUT2D eigenvalue weighted by Crippen LogP contribution is 2.45. The smallest absolute Gasteiger partial charge is 0.250 e. The summed E-state index contributed by atoms with van der Waals surface area (Å²) < 4.78 is 12.7. The molecule has 3 aromatic heterocycles. The maximum absolute atomic E-state index is 12.4. The molecule has 10 heteroatoms. The molecule has 0 saturated carbocycles. The van der Waals surface area contributed by atoms with Gasteiger partial charge >= 0.3 is 0 Å². The van der Waals surface area contributed by atoms with Crippen LogP contribution in [0, 0.1) is 20.8 Å². The third kappa shape index (κ3) is 5.03. The van der Waals surface area contributed by atoms with Crippen LogP contribution in [0.3, 0.4) is 0 Å². The lowest BCUT2D eigenvalue weighted by Gasteiger charge is -2.29. The van der Waals surface area contributed by atoms with Gasteiger partial charge in [0.25, 0.3) is 0 Å². The molecule has 0 unspecified atom stereocenters. The third-order valence-corrected chi connectivity index (χ3v) is 7.41. The largest absolute Gasteiger partial charge is 0.495 e. The number of hydrogen-bond donors (Lipinski definition) is 2. The van der Waals surface area contributed by atoms with Crippen LogP contribution in [0.1, 0.15) is 40.3 Å². The molecule has 1 aliphatic heterocycles. The topological polar surface area (TPSA) is 93.5 Å². The zero-order valence-electron chi connectivity index (χ0n) is 23.1. The number of anilines is 2. The van der Waals surface area contributed by atoms with Crippen LogP contribution < -0.4 is 20.3 Å². The molecule has 1 amide bonds. The summed E-state index contributed by atoms with van der Waals surface area (Å²) in [5, 5.41) is 6.96. The first-order valence-electron chi connectivity index (χ1n) is 12.9. The van der Waals surface area contributed by atoms with E-state index in [2.05, 4.69) is 63.0 Å². The molecule has 9 nitrogen and oxygen atoms in total. The molecule has 206 valence electrons. The SMILES string of the molecule is COCC(=O)Nc1cc(N2C(=S)N[C@@H](c3ccccn3)[C@H]2c2cc(C)n(-c3ncccc3C)c2C)ccc1OC. The number of nitrogens with one attached hydrogen (secondary N) is 2. The summed E-state index contributed by atoms with van der Waals surface area (Å²) >= 11 is 5.94. The molecule has 0 bridgehead atoms. The molecule has 4 heterocycles. The molecular formula is C30H32N6O3S. The Morgan fingerprint density at radius 1 is 1.05 bits per heavy atom. The summed E-state index contributed by atoms with van der Waals surface area (Å²) in [6.45, 7) is 6.19. The number of amides is 1. The van der Waals surface area contributed by atoms with Crippen LogP contribution in [0.25, 0.3) is 5.82 Å². The van der Waals surface area contributed by atoms with Crippen LogP contribution in [0.4, 0.5) is 11.4 Å². The molecular weight excluding hydrogens is 524 g/mol. The van der Waals surface area contributed by atoms with Crippen molar-refractivity contribution in [3.05, 3.63) is 95.2 Å². The lowest BCUT2D eigenvalue weighted by Crippen LogP contribution is -2.29. The molecule has 1 aliphatic rings. The van der Waals surface area contributed by atoms with E-state index in [1.165, 1.54) is 7.11 Å². The number of thiocarbonyl (C=S) groups is 1. The first-order valence-corrected chi connectivity index (χ1v) is 13.3. The second-order valence-corrected chi connectivity index (χ2v) is 10.1. The van der Waals surface area contributed by atoms with Gasteiger partial charge in [0.05, 0.1) is 30.6 Å². The summed E-state index contributed by atoms with van der Waals surface area (Å²) in [7, 11) is 3.05. The highest BCUT2D eigenvalue weighted by Gasteiger charge is 2.42. The predicted molar refractivity (Wildman–Crippen MR) is 159 cm³/mol. The summed E-state index contributed by atoms with van der Waals surface area (Å²) in [5.41, 5.74) is 6.50. The molecule has 5 rings (SSSR count). The van der Waals surface area contributed by atoms with Gasteiger partial charge < -0.3 is 29.6 Å². The van der Waals surface area contributed by atoms with Crippen molar-refractivity contribution in [1.82, 2.24) is 19.9 Å². The lowest BCUT2D eigenvalue weighted by atomic mass is 9.96. The van der Waals surface area contributed by atoms with Crippen LogP contribution >= 0.6 is 12.2 Å². The van der Waals surface area contributed by atoms with E-state index in [-0.39, 0.29) is 24.6 Å². The Balaban J connectivity index is 1.66. The fraction of sp³-hybridized carbons (Fsp3) is 0.267. The van der Waals surface area contributed by atoms with E-state index in [1.54, 1.807) is 13.3 Å². The van der Waals surface area contributed by atoms with Crippen LogP contribution in [0.2, 0.25) is 0 Å². The van der Waals surface area contributed by atoms with Gasteiger partial charge in [-0.1, -0.05) is 12.1 Å². The van der Waals surface area contributed by atoms with Gasteiger partial charge in [0.15, 0.2) is 5.11 Å². The zero-order valence-corrected chi connectivity index (χ0v) is 24.0. The average molecular weight is 557 g/mol. The number of aryl methyl sites for hydroxylation is 2. The molecule has 0 aliphatic carbocycles. The first kappa shape index (κ1) is 27.3. The van der Waals surface area contributed by atoms with Crippen molar-refractivity contribution in [3.8, 4) is 11.6 Å². The van der Waals surface area contributed by atoms with E-state index in [0.29, 0.717) is 16.5 Å². The van der Waals surface area contributed by atoms with Crippen molar-refractivity contribution in [2.75, 3.05) is 31.0 Å². The second kappa shape index (κ2) is 11.4. The Hall–Kier alpha value is -4.28. The molecule has 40 heavy (non-hydrogen) atoms. The van der Waals surface area contributed by atoms with E-state index in [1.807, 2.05) is 48.7 Å². The number of methoxy groups -OCH3 is 2. The molecule has 1 fully saturated rings. The van der Waals surface area contributed by atoms with Crippen LogP contribution in [-0.2, 0) is 9.53 Å². The Labute approximate surface area is 239 Å². The normalized spacial score (nSPS) is 16.6. The van der Waals surface area contributed by atoms with E-state index in [0.717, 1.165) is 39.7 Å². The number of nitrogens with zero attached hydrogens (tertiary/aromatic N) is 4. The van der Waals surface area contributed by atoms with Gasteiger partial charge in [-0.25, -0.2) is 4.98 Å². The Kier molecular flexibility index (Phi) is 7.81. The van der Waals surface area contributed by atoms with Crippen molar-refractivity contribution >= 4 is 34.6 Å². The van der Waals surface area contributed by atoms with Crippen molar-refractivity contribution < 1.29 is 14.3 Å². The second-order valence-electron chi connectivity index (χ2n) is 9.67. The maximum atomic E-state index is 12.4. The highest BCUT2D eigenvalue weighted by molar-refractivity contribution is 7.80. The number of benzene rings is 1. The minimum Gasteiger partial charge on any atom is -0.495 e. The van der Waals surface area contributed by atoms with Gasteiger partial charge in [0.2, 0.25) is 5.91 Å². The number of rotatable bonds is 8. The fourth-order valence-corrected chi connectivity index (χ4v) is 5.68.